The zero-order valence-corrected chi connectivity index (χ0v) is 6.59. The first-order valence-electron chi connectivity index (χ1n) is 3.81. The summed E-state index contributed by atoms with van der Waals surface area (Å²) >= 11 is 0. The highest BCUT2D eigenvalue weighted by Crippen LogP contribution is 2.22. The van der Waals surface area contributed by atoms with Crippen LogP contribution in [0.1, 0.15) is 26.7 Å². The summed E-state index contributed by atoms with van der Waals surface area (Å²) in [7, 11) is 0. The second-order valence-electron chi connectivity index (χ2n) is 3.08. The lowest BCUT2D eigenvalue weighted by molar-refractivity contribution is -0.119. The number of carbonyl (C=O) groups is 1. The molecular weight excluding hydrogens is 128 g/mol. The summed E-state index contributed by atoms with van der Waals surface area (Å²) in [4.78, 5) is 10.7. The van der Waals surface area contributed by atoms with Crippen molar-refractivity contribution in [2.75, 3.05) is 6.61 Å². The van der Waals surface area contributed by atoms with Gasteiger partial charge in [-0.2, -0.15) is 0 Å². The van der Waals surface area contributed by atoms with Gasteiger partial charge in [0.2, 0.25) is 0 Å². The van der Waals surface area contributed by atoms with Gasteiger partial charge in [-0.1, -0.05) is 6.92 Å². The van der Waals surface area contributed by atoms with E-state index in [1.54, 1.807) is 6.92 Å². The van der Waals surface area contributed by atoms with Crippen molar-refractivity contribution >= 4 is 5.78 Å². The Kier molecular flexibility index (Phi) is 2.44. The van der Waals surface area contributed by atoms with Crippen molar-refractivity contribution in [3.63, 3.8) is 0 Å². The van der Waals surface area contributed by atoms with Crippen LogP contribution in [0.2, 0.25) is 0 Å². The van der Waals surface area contributed by atoms with E-state index in [0.717, 1.165) is 13.0 Å². The zero-order valence-electron chi connectivity index (χ0n) is 6.59. The molecule has 1 saturated heterocycles. The molecule has 0 spiro atoms. The third kappa shape index (κ3) is 1.81. The fourth-order valence-corrected chi connectivity index (χ4v) is 1.30. The second kappa shape index (κ2) is 3.15. The third-order valence-electron chi connectivity index (χ3n) is 2.03. The maximum Gasteiger partial charge on any atom is 0.132 e. The lowest BCUT2D eigenvalue weighted by atomic mass is 10.0. The summed E-state index contributed by atoms with van der Waals surface area (Å²) in [5, 5.41) is 0. The second-order valence-corrected chi connectivity index (χ2v) is 3.08. The van der Waals surface area contributed by atoms with Gasteiger partial charge >= 0.3 is 0 Å². The van der Waals surface area contributed by atoms with E-state index in [-0.39, 0.29) is 11.9 Å². The minimum atomic E-state index is 0.206. The topological polar surface area (TPSA) is 26.3 Å². The predicted octanol–water partition coefficient (Wildman–Crippen LogP) is 1.39. The number of Topliss-reactive ketones (excluding diaryl/α,β-unsaturated/α-hetero) is 1. The number of ketones is 1. The van der Waals surface area contributed by atoms with E-state index in [9.17, 15) is 4.79 Å². The predicted molar refractivity (Wildman–Crippen MR) is 38.8 cm³/mol. The Labute approximate surface area is 61.6 Å². The molecule has 2 nitrogen and oxygen atoms in total. The number of hydrogen-bond donors (Lipinski definition) is 0. The van der Waals surface area contributed by atoms with Gasteiger partial charge in [-0.05, 0) is 19.3 Å². The van der Waals surface area contributed by atoms with Gasteiger partial charge in [-0.15, -0.1) is 0 Å². The van der Waals surface area contributed by atoms with Crippen LogP contribution in [0.5, 0.6) is 0 Å². The van der Waals surface area contributed by atoms with Crippen LogP contribution in [0.3, 0.4) is 0 Å². The van der Waals surface area contributed by atoms with Crippen molar-refractivity contribution in [3.05, 3.63) is 0 Å². The van der Waals surface area contributed by atoms with Gasteiger partial charge in [0.05, 0.1) is 6.10 Å². The molecule has 0 unspecified atom stereocenters. The van der Waals surface area contributed by atoms with Gasteiger partial charge in [0.25, 0.3) is 0 Å². The Morgan fingerprint density at radius 3 is 2.80 bits per heavy atom. The minimum Gasteiger partial charge on any atom is -0.377 e. The Balaban J connectivity index is 2.33. The van der Waals surface area contributed by atoms with Crippen LogP contribution in [0.15, 0.2) is 0 Å². The van der Waals surface area contributed by atoms with E-state index < -0.39 is 0 Å². The molecule has 1 heterocycles. The van der Waals surface area contributed by atoms with E-state index >= 15 is 0 Å². The number of ether oxygens (including phenoxy) is 1. The Morgan fingerprint density at radius 1 is 1.70 bits per heavy atom. The molecule has 0 bridgehead atoms. The molecule has 10 heavy (non-hydrogen) atoms. The number of carbonyl (C=O) groups excluding carboxylic acids is 1. The monoisotopic (exact) mass is 142 g/mol. The van der Waals surface area contributed by atoms with Crippen LogP contribution in [-0.2, 0) is 9.53 Å². The van der Waals surface area contributed by atoms with Gasteiger partial charge in [-0.3, -0.25) is 4.79 Å². The first-order chi connectivity index (χ1) is 4.70. The molecule has 1 aliphatic rings. The van der Waals surface area contributed by atoms with Crippen LogP contribution in [-0.4, -0.2) is 18.5 Å². The normalized spacial score (nSPS) is 32.6. The molecule has 0 aromatic carbocycles. The molecule has 0 aromatic heterocycles. The van der Waals surface area contributed by atoms with Gasteiger partial charge < -0.3 is 4.74 Å². The Bertz CT molecular complexity index is 131. The molecule has 58 valence electrons. The van der Waals surface area contributed by atoms with Crippen molar-refractivity contribution < 1.29 is 9.53 Å². The Morgan fingerprint density at radius 2 is 2.40 bits per heavy atom. The standard InChI is InChI=1S/C8H14O2/c1-6-3-4-10-8(6)5-7(2)9/h6,8H,3-5H2,1-2H3/t6-,8+/m1/s1. The highest BCUT2D eigenvalue weighted by Gasteiger charge is 2.24. The van der Waals surface area contributed by atoms with Crippen molar-refractivity contribution in [1.82, 2.24) is 0 Å². The molecule has 0 aliphatic carbocycles. The summed E-state index contributed by atoms with van der Waals surface area (Å²) < 4.78 is 5.36. The lowest BCUT2D eigenvalue weighted by Gasteiger charge is -2.11. The first-order valence-corrected chi connectivity index (χ1v) is 3.81. The summed E-state index contributed by atoms with van der Waals surface area (Å²) in [6.45, 7) is 4.59. The van der Waals surface area contributed by atoms with Crippen molar-refractivity contribution in [2.45, 2.75) is 32.8 Å². The van der Waals surface area contributed by atoms with E-state index in [4.69, 9.17) is 4.74 Å². The van der Waals surface area contributed by atoms with Crippen LogP contribution in [0.25, 0.3) is 0 Å². The third-order valence-corrected chi connectivity index (χ3v) is 2.03. The largest absolute Gasteiger partial charge is 0.377 e. The number of hydrogen-bond acceptors (Lipinski definition) is 2. The van der Waals surface area contributed by atoms with Gasteiger partial charge in [0, 0.05) is 13.0 Å². The van der Waals surface area contributed by atoms with Crippen LogP contribution in [0.4, 0.5) is 0 Å². The zero-order chi connectivity index (χ0) is 7.56. The van der Waals surface area contributed by atoms with E-state index in [1.165, 1.54) is 0 Å². The number of rotatable bonds is 2. The van der Waals surface area contributed by atoms with Crippen LogP contribution in [0, 0.1) is 5.92 Å². The minimum absolute atomic E-state index is 0.206. The van der Waals surface area contributed by atoms with Gasteiger partial charge in [0.15, 0.2) is 0 Å². The smallest absolute Gasteiger partial charge is 0.132 e. The molecule has 1 fully saturated rings. The maximum atomic E-state index is 10.7. The molecule has 0 N–H and O–H groups in total. The molecule has 1 aliphatic heterocycles. The molecule has 2 atom stereocenters. The van der Waals surface area contributed by atoms with Gasteiger partial charge in [0.1, 0.15) is 5.78 Å². The highest BCUT2D eigenvalue weighted by molar-refractivity contribution is 5.76. The fourth-order valence-electron chi connectivity index (χ4n) is 1.30. The average molecular weight is 142 g/mol. The van der Waals surface area contributed by atoms with Crippen LogP contribution < -0.4 is 0 Å². The SMILES string of the molecule is CC(=O)C[C@@H]1OCC[C@H]1C. The Hall–Kier alpha value is -0.370. The molecule has 1 rings (SSSR count). The van der Waals surface area contributed by atoms with E-state index in [0.29, 0.717) is 12.3 Å². The molecule has 0 amide bonds. The summed E-state index contributed by atoms with van der Waals surface area (Å²) in [5.41, 5.74) is 0. The summed E-state index contributed by atoms with van der Waals surface area (Å²) in [5.74, 6) is 0.808. The first kappa shape index (κ1) is 7.73. The molecule has 0 radical (unpaired) electrons. The van der Waals surface area contributed by atoms with Crippen molar-refractivity contribution in [2.24, 2.45) is 5.92 Å². The average Bonchev–Trinajstić information content (AvgIpc) is 2.15. The van der Waals surface area contributed by atoms with Gasteiger partial charge in [-0.25, -0.2) is 0 Å². The highest BCUT2D eigenvalue weighted by atomic mass is 16.5. The van der Waals surface area contributed by atoms with E-state index in [2.05, 4.69) is 6.92 Å². The molecular formula is C8H14O2. The molecule has 0 aromatic rings. The van der Waals surface area contributed by atoms with Crippen LogP contribution >= 0.6 is 0 Å². The molecule has 0 saturated carbocycles. The lowest BCUT2D eigenvalue weighted by Crippen LogP contribution is -2.16. The maximum absolute atomic E-state index is 10.7. The quantitative estimate of drug-likeness (QED) is 0.582. The summed E-state index contributed by atoms with van der Waals surface area (Å²) in [6, 6.07) is 0. The fraction of sp³-hybridized carbons (Fsp3) is 0.875. The molecule has 2 heteroatoms. The van der Waals surface area contributed by atoms with E-state index in [1.807, 2.05) is 0 Å². The van der Waals surface area contributed by atoms with Crippen molar-refractivity contribution in [1.29, 1.82) is 0 Å². The summed E-state index contributed by atoms with van der Waals surface area (Å²) in [6.07, 6.45) is 1.91. The van der Waals surface area contributed by atoms with Crippen molar-refractivity contribution in [3.8, 4) is 0 Å².